The zero-order valence-corrected chi connectivity index (χ0v) is 4.85. The zero-order chi connectivity index (χ0) is 6.97. The Morgan fingerprint density at radius 1 is 1.60 bits per heavy atom. The molecule has 0 spiro atoms. The lowest BCUT2D eigenvalue weighted by Crippen LogP contribution is -2.19. The lowest BCUT2D eigenvalue weighted by atomic mass is 10.7. The first-order valence-corrected chi connectivity index (χ1v) is 2.63. The molecule has 0 unspecified atom stereocenters. The van der Waals surface area contributed by atoms with Gasteiger partial charge in [0.2, 0.25) is 0 Å². The quantitative estimate of drug-likeness (QED) is 0.495. The van der Waals surface area contributed by atoms with Crippen LogP contribution in [-0.2, 0) is 0 Å². The van der Waals surface area contributed by atoms with Gasteiger partial charge in [-0.3, -0.25) is 0 Å². The first-order chi connectivity index (χ1) is 4.88. The number of rotatable bonds is 0. The Labute approximate surface area is 54.5 Å². The highest BCUT2D eigenvalue weighted by Crippen LogP contribution is 1.86. The van der Waals surface area contributed by atoms with Crippen molar-refractivity contribution in [1.82, 2.24) is 25.0 Å². The highest BCUT2D eigenvalue weighted by atomic mass is 16.1. The molecule has 0 atom stereocenters. The smallest absolute Gasteiger partial charge is 0.242 e. The van der Waals surface area contributed by atoms with Crippen LogP contribution in [0, 0.1) is 0 Å². The molecule has 2 aromatic heterocycles. The van der Waals surface area contributed by atoms with Gasteiger partial charge in [-0.25, -0.2) is 9.89 Å². The second-order valence-electron chi connectivity index (χ2n) is 1.72. The fourth-order valence-corrected chi connectivity index (χ4v) is 0.702. The summed E-state index contributed by atoms with van der Waals surface area (Å²) in [7, 11) is 0. The van der Waals surface area contributed by atoms with Gasteiger partial charge in [0, 0.05) is 6.07 Å². The maximum atomic E-state index is 10.7. The molecule has 2 aromatic rings. The number of H-pyrrole nitrogens is 1. The van der Waals surface area contributed by atoms with E-state index in [0.29, 0.717) is 5.65 Å². The predicted molar refractivity (Wildman–Crippen MR) is 31.4 cm³/mol. The molecular weight excluding hydrogens is 134 g/mol. The number of hydrogen-bond donors (Lipinski definition) is 1. The molecule has 2 heterocycles. The molecule has 1 N–H and O–H groups in total. The third-order valence-electron chi connectivity index (χ3n) is 1.12. The van der Waals surface area contributed by atoms with Crippen molar-refractivity contribution in [2.45, 2.75) is 0 Å². The minimum Gasteiger partial charge on any atom is -0.242 e. The van der Waals surface area contributed by atoms with Crippen LogP contribution in [0.15, 0.2) is 17.1 Å². The molecule has 6 nitrogen and oxygen atoms in total. The van der Waals surface area contributed by atoms with Crippen LogP contribution >= 0.6 is 0 Å². The van der Waals surface area contributed by atoms with Crippen LogP contribution in [0.2, 0.25) is 0 Å². The van der Waals surface area contributed by atoms with Crippen molar-refractivity contribution in [2.75, 3.05) is 0 Å². The van der Waals surface area contributed by atoms with Gasteiger partial charge in [-0.05, 0) is 0 Å². The van der Waals surface area contributed by atoms with E-state index in [9.17, 15) is 4.79 Å². The molecule has 6 heteroatoms. The maximum Gasteiger partial charge on any atom is 0.390 e. The molecule has 10 heavy (non-hydrogen) atoms. The molecule has 0 aliphatic heterocycles. The first kappa shape index (κ1) is 5.10. The summed E-state index contributed by atoms with van der Waals surface area (Å²) in [5.41, 5.74) is 0.0683. The van der Waals surface area contributed by atoms with Gasteiger partial charge in [0.1, 0.15) is 0 Å². The second kappa shape index (κ2) is 1.63. The summed E-state index contributed by atoms with van der Waals surface area (Å²) in [5.74, 6) is 0. The van der Waals surface area contributed by atoms with E-state index in [1.807, 2.05) is 0 Å². The third-order valence-corrected chi connectivity index (χ3v) is 1.12. The van der Waals surface area contributed by atoms with Crippen LogP contribution in [-0.4, -0.2) is 25.0 Å². The number of nitrogens with one attached hydrogen (secondary N) is 1. The Morgan fingerprint density at radius 3 is 3.30 bits per heavy atom. The summed E-state index contributed by atoms with van der Waals surface area (Å²) in [6.45, 7) is 0. The molecule has 0 aliphatic carbocycles. The number of aromatic amines is 1. The molecule has 0 amide bonds. The molecule has 0 radical (unpaired) electrons. The number of hydrogen-bond acceptors (Lipinski definition) is 4. The SMILES string of the molecule is O=c1nn[nH]c2ccnn12. The van der Waals surface area contributed by atoms with Crippen molar-refractivity contribution in [3.05, 3.63) is 22.7 Å². The van der Waals surface area contributed by atoms with Crippen molar-refractivity contribution in [3.8, 4) is 0 Å². The lowest BCUT2D eigenvalue weighted by molar-refractivity contribution is 0.740. The van der Waals surface area contributed by atoms with Crippen molar-refractivity contribution in [2.24, 2.45) is 0 Å². The second-order valence-corrected chi connectivity index (χ2v) is 1.72. The van der Waals surface area contributed by atoms with Crippen LogP contribution in [0.1, 0.15) is 0 Å². The van der Waals surface area contributed by atoms with E-state index >= 15 is 0 Å². The highest BCUT2D eigenvalue weighted by molar-refractivity contribution is 5.31. The van der Waals surface area contributed by atoms with E-state index in [0.717, 1.165) is 4.52 Å². The average Bonchev–Trinajstić information content (AvgIpc) is 2.36. The van der Waals surface area contributed by atoms with Crippen molar-refractivity contribution >= 4 is 5.65 Å². The molecule has 0 fully saturated rings. The van der Waals surface area contributed by atoms with E-state index in [1.165, 1.54) is 6.20 Å². The van der Waals surface area contributed by atoms with E-state index < -0.39 is 5.69 Å². The normalized spacial score (nSPS) is 10.4. The van der Waals surface area contributed by atoms with Gasteiger partial charge in [-0.2, -0.15) is 9.61 Å². The molecule has 2 rings (SSSR count). The Balaban J connectivity index is 3.09. The number of nitrogens with zero attached hydrogens (tertiary/aromatic N) is 4. The van der Waals surface area contributed by atoms with Gasteiger partial charge in [0.05, 0.1) is 6.20 Å². The van der Waals surface area contributed by atoms with Crippen LogP contribution in [0.3, 0.4) is 0 Å². The van der Waals surface area contributed by atoms with Gasteiger partial charge in [0.15, 0.2) is 5.65 Å². The molecule has 50 valence electrons. The Bertz CT molecular complexity index is 401. The monoisotopic (exact) mass is 137 g/mol. The molecule has 0 saturated carbocycles. The van der Waals surface area contributed by atoms with Gasteiger partial charge in [-0.1, -0.05) is 10.3 Å². The van der Waals surface area contributed by atoms with E-state index in [-0.39, 0.29) is 0 Å². The van der Waals surface area contributed by atoms with Gasteiger partial charge in [-0.15, -0.1) is 0 Å². The van der Waals surface area contributed by atoms with Crippen molar-refractivity contribution < 1.29 is 0 Å². The van der Waals surface area contributed by atoms with E-state index in [4.69, 9.17) is 0 Å². The van der Waals surface area contributed by atoms with Crippen LogP contribution in [0.5, 0.6) is 0 Å². The predicted octanol–water partition coefficient (Wildman–Crippen LogP) is -1.19. The highest BCUT2D eigenvalue weighted by Gasteiger charge is 1.95. The third kappa shape index (κ3) is 0.524. The summed E-state index contributed by atoms with van der Waals surface area (Å²) in [6.07, 6.45) is 1.50. The largest absolute Gasteiger partial charge is 0.390 e. The number of fused-ring (bicyclic) bond motifs is 1. The summed E-state index contributed by atoms with van der Waals surface area (Å²) in [5, 5.41) is 12.8. The average molecular weight is 137 g/mol. The molecular formula is C4H3N5O. The van der Waals surface area contributed by atoms with Crippen molar-refractivity contribution in [3.63, 3.8) is 0 Å². The maximum absolute atomic E-state index is 10.7. The Hall–Kier alpha value is -1.72. The minimum absolute atomic E-state index is 0.473. The molecule has 0 aliphatic rings. The summed E-state index contributed by atoms with van der Waals surface area (Å²) in [4.78, 5) is 10.7. The van der Waals surface area contributed by atoms with Crippen molar-refractivity contribution in [1.29, 1.82) is 0 Å². The van der Waals surface area contributed by atoms with E-state index in [2.05, 4.69) is 20.5 Å². The van der Waals surface area contributed by atoms with Gasteiger partial charge < -0.3 is 0 Å². The van der Waals surface area contributed by atoms with E-state index in [1.54, 1.807) is 6.07 Å². The minimum atomic E-state index is -0.473. The van der Waals surface area contributed by atoms with Crippen LogP contribution in [0.25, 0.3) is 5.65 Å². The first-order valence-electron chi connectivity index (χ1n) is 2.63. The van der Waals surface area contributed by atoms with Gasteiger partial charge in [0.25, 0.3) is 0 Å². The Kier molecular flexibility index (Phi) is 0.830. The van der Waals surface area contributed by atoms with Crippen LogP contribution in [0.4, 0.5) is 0 Å². The Morgan fingerprint density at radius 2 is 2.50 bits per heavy atom. The summed E-state index contributed by atoms with van der Waals surface area (Å²) in [6, 6.07) is 1.63. The topological polar surface area (TPSA) is 75.9 Å². The molecule has 0 saturated heterocycles. The number of aromatic nitrogens is 5. The summed E-state index contributed by atoms with van der Waals surface area (Å²) >= 11 is 0. The standard InChI is InChI=1S/C4H3N5O/c10-4-7-8-6-3-1-2-5-9(3)4/h1-2H,(H,6,7,10). The van der Waals surface area contributed by atoms with Gasteiger partial charge >= 0.3 is 5.69 Å². The summed E-state index contributed by atoms with van der Waals surface area (Å²) < 4.78 is 1.13. The lowest BCUT2D eigenvalue weighted by Gasteiger charge is -1.84. The zero-order valence-electron chi connectivity index (χ0n) is 4.85. The molecule has 0 aromatic carbocycles. The van der Waals surface area contributed by atoms with Crippen LogP contribution < -0.4 is 5.69 Å². The fraction of sp³-hybridized carbons (Fsp3) is 0. The molecule has 0 bridgehead atoms. The fourth-order valence-electron chi connectivity index (χ4n) is 0.702.